The first-order chi connectivity index (χ1) is 13.1. The molecular weight excluding hydrogens is 372 g/mol. The molecule has 1 saturated heterocycles. The van der Waals surface area contributed by atoms with Gasteiger partial charge in [0, 0.05) is 32.2 Å². The second-order valence-corrected chi connectivity index (χ2v) is 10.4. The molecular formula is C22H28N2O3S. The highest BCUT2D eigenvalue weighted by atomic mass is 32.2. The standard InChI is InChI=1S/C22H28N2O3S/c1-22(2,3)18-9-7-17(8-10-18)16-23(4)28(26,27)20-13-11-19(12-14-20)24-15-5-6-21(24)25/h7-14H,5-6,15-16H2,1-4H3. The van der Waals surface area contributed by atoms with Crippen LogP contribution in [0.4, 0.5) is 5.69 Å². The van der Waals surface area contributed by atoms with Gasteiger partial charge in [-0.3, -0.25) is 4.79 Å². The molecule has 2 aromatic rings. The minimum atomic E-state index is -3.60. The van der Waals surface area contributed by atoms with E-state index in [1.54, 1.807) is 36.2 Å². The maximum atomic E-state index is 12.9. The van der Waals surface area contributed by atoms with Gasteiger partial charge in [-0.25, -0.2) is 8.42 Å². The van der Waals surface area contributed by atoms with E-state index < -0.39 is 10.0 Å². The number of amides is 1. The van der Waals surface area contributed by atoms with Gasteiger partial charge in [0.1, 0.15) is 0 Å². The van der Waals surface area contributed by atoms with Crippen LogP contribution in [0.5, 0.6) is 0 Å². The number of anilines is 1. The molecule has 1 heterocycles. The second-order valence-electron chi connectivity index (χ2n) is 8.35. The Morgan fingerprint density at radius 1 is 1.00 bits per heavy atom. The van der Waals surface area contributed by atoms with Crippen LogP contribution in [0.25, 0.3) is 0 Å². The zero-order valence-electron chi connectivity index (χ0n) is 17.0. The van der Waals surface area contributed by atoms with Gasteiger partial charge < -0.3 is 4.90 Å². The third-order valence-electron chi connectivity index (χ3n) is 5.16. The molecule has 0 spiro atoms. The van der Waals surface area contributed by atoms with Crippen LogP contribution >= 0.6 is 0 Å². The van der Waals surface area contributed by atoms with Crippen molar-refractivity contribution in [1.82, 2.24) is 4.31 Å². The molecule has 5 nitrogen and oxygen atoms in total. The Balaban J connectivity index is 1.73. The van der Waals surface area contributed by atoms with Crippen molar-refractivity contribution in [2.45, 2.75) is 50.5 Å². The first-order valence-corrected chi connectivity index (χ1v) is 11.0. The van der Waals surface area contributed by atoms with Crippen LogP contribution in [0.1, 0.15) is 44.7 Å². The Labute approximate surface area is 168 Å². The summed E-state index contributed by atoms with van der Waals surface area (Å²) >= 11 is 0. The van der Waals surface area contributed by atoms with E-state index in [1.807, 2.05) is 12.1 Å². The van der Waals surface area contributed by atoms with E-state index in [9.17, 15) is 13.2 Å². The molecule has 0 aromatic heterocycles. The van der Waals surface area contributed by atoms with Gasteiger partial charge in [0.2, 0.25) is 15.9 Å². The van der Waals surface area contributed by atoms with Crippen molar-refractivity contribution in [1.29, 1.82) is 0 Å². The van der Waals surface area contributed by atoms with E-state index in [2.05, 4.69) is 32.9 Å². The van der Waals surface area contributed by atoms with Gasteiger partial charge in [-0.15, -0.1) is 0 Å². The predicted octanol–water partition coefficient (Wildman–Crippen LogP) is 3.93. The number of carbonyl (C=O) groups is 1. The molecule has 0 aliphatic carbocycles. The Hall–Kier alpha value is -2.18. The quantitative estimate of drug-likeness (QED) is 0.764. The smallest absolute Gasteiger partial charge is 0.243 e. The van der Waals surface area contributed by atoms with Gasteiger partial charge in [-0.05, 0) is 47.2 Å². The molecule has 0 N–H and O–H groups in total. The van der Waals surface area contributed by atoms with Crippen molar-refractivity contribution < 1.29 is 13.2 Å². The molecule has 0 atom stereocenters. The molecule has 0 unspecified atom stereocenters. The second kappa shape index (κ2) is 7.68. The van der Waals surface area contributed by atoms with Crippen molar-refractivity contribution >= 4 is 21.6 Å². The van der Waals surface area contributed by atoms with Gasteiger partial charge in [0.15, 0.2) is 0 Å². The Morgan fingerprint density at radius 2 is 1.61 bits per heavy atom. The van der Waals surface area contributed by atoms with E-state index in [1.165, 1.54) is 9.87 Å². The van der Waals surface area contributed by atoms with Crippen LogP contribution < -0.4 is 4.90 Å². The Bertz CT molecular complexity index is 943. The van der Waals surface area contributed by atoms with Crippen LogP contribution in [0.2, 0.25) is 0 Å². The van der Waals surface area contributed by atoms with Crippen molar-refractivity contribution in [2.75, 3.05) is 18.5 Å². The SMILES string of the molecule is CN(Cc1ccc(C(C)(C)C)cc1)S(=O)(=O)c1ccc(N2CCCC2=O)cc1. The van der Waals surface area contributed by atoms with Gasteiger partial charge in [0.25, 0.3) is 0 Å². The molecule has 1 fully saturated rings. The van der Waals surface area contributed by atoms with Crippen LogP contribution in [0, 0.1) is 0 Å². The van der Waals surface area contributed by atoms with E-state index in [-0.39, 0.29) is 16.2 Å². The topological polar surface area (TPSA) is 57.7 Å². The van der Waals surface area contributed by atoms with Crippen molar-refractivity contribution in [3.8, 4) is 0 Å². The average Bonchev–Trinajstić information content (AvgIpc) is 3.07. The van der Waals surface area contributed by atoms with Gasteiger partial charge >= 0.3 is 0 Å². The van der Waals surface area contributed by atoms with E-state index in [0.717, 1.165) is 17.7 Å². The first-order valence-electron chi connectivity index (χ1n) is 9.55. The highest BCUT2D eigenvalue weighted by Gasteiger charge is 2.24. The largest absolute Gasteiger partial charge is 0.312 e. The lowest BCUT2D eigenvalue weighted by atomic mass is 9.87. The molecule has 150 valence electrons. The first kappa shape index (κ1) is 20.6. The van der Waals surface area contributed by atoms with Gasteiger partial charge in [-0.2, -0.15) is 4.31 Å². The number of rotatable bonds is 5. The van der Waals surface area contributed by atoms with Crippen molar-refractivity contribution in [3.63, 3.8) is 0 Å². The summed E-state index contributed by atoms with van der Waals surface area (Å²) in [5, 5.41) is 0. The maximum absolute atomic E-state index is 12.9. The molecule has 6 heteroatoms. The summed E-state index contributed by atoms with van der Waals surface area (Å²) in [6, 6.07) is 14.6. The Kier molecular flexibility index (Phi) is 5.64. The Morgan fingerprint density at radius 3 is 2.11 bits per heavy atom. The maximum Gasteiger partial charge on any atom is 0.243 e. The summed E-state index contributed by atoms with van der Waals surface area (Å²) in [4.78, 5) is 13.8. The molecule has 2 aromatic carbocycles. The number of carbonyl (C=O) groups excluding carboxylic acids is 1. The molecule has 0 saturated carbocycles. The fourth-order valence-corrected chi connectivity index (χ4v) is 4.51. The third kappa shape index (κ3) is 4.28. The van der Waals surface area contributed by atoms with Crippen LogP contribution in [0.3, 0.4) is 0 Å². The highest BCUT2D eigenvalue weighted by Crippen LogP contribution is 2.26. The summed E-state index contributed by atoms with van der Waals surface area (Å²) in [6.07, 6.45) is 1.40. The zero-order valence-corrected chi connectivity index (χ0v) is 17.8. The van der Waals surface area contributed by atoms with Crippen LogP contribution in [-0.4, -0.2) is 32.2 Å². The normalized spacial score (nSPS) is 15.5. The average molecular weight is 401 g/mol. The minimum absolute atomic E-state index is 0.0645. The predicted molar refractivity (Wildman–Crippen MR) is 112 cm³/mol. The number of sulfonamides is 1. The summed E-state index contributed by atoms with van der Waals surface area (Å²) < 4.78 is 27.2. The molecule has 28 heavy (non-hydrogen) atoms. The summed E-state index contributed by atoms with van der Waals surface area (Å²) in [6.45, 7) is 7.45. The van der Waals surface area contributed by atoms with Crippen molar-refractivity contribution in [3.05, 3.63) is 59.7 Å². The molecule has 1 amide bonds. The number of nitrogens with zero attached hydrogens (tertiary/aromatic N) is 2. The van der Waals surface area contributed by atoms with Crippen molar-refractivity contribution in [2.24, 2.45) is 0 Å². The summed E-state index contributed by atoms with van der Waals surface area (Å²) in [5.74, 6) is 0.0893. The molecule has 1 aliphatic heterocycles. The number of benzene rings is 2. The van der Waals surface area contributed by atoms with E-state index in [4.69, 9.17) is 0 Å². The summed E-state index contributed by atoms with van der Waals surface area (Å²) in [7, 11) is -2.01. The molecule has 3 rings (SSSR count). The lowest BCUT2D eigenvalue weighted by Crippen LogP contribution is -2.27. The van der Waals surface area contributed by atoms with Crippen LogP contribution in [0.15, 0.2) is 53.4 Å². The molecule has 0 radical (unpaired) electrons. The van der Waals surface area contributed by atoms with Gasteiger partial charge in [-0.1, -0.05) is 45.0 Å². The fourth-order valence-electron chi connectivity index (χ4n) is 3.35. The summed E-state index contributed by atoms with van der Waals surface area (Å²) in [5.41, 5.74) is 2.98. The van der Waals surface area contributed by atoms with Gasteiger partial charge in [0.05, 0.1) is 4.90 Å². The minimum Gasteiger partial charge on any atom is -0.312 e. The lowest BCUT2D eigenvalue weighted by Gasteiger charge is -2.21. The lowest BCUT2D eigenvalue weighted by molar-refractivity contribution is -0.117. The number of hydrogen-bond donors (Lipinski definition) is 0. The molecule has 0 bridgehead atoms. The fraction of sp³-hybridized carbons (Fsp3) is 0.409. The number of hydrogen-bond acceptors (Lipinski definition) is 3. The monoisotopic (exact) mass is 400 g/mol. The third-order valence-corrected chi connectivity index (χ3v) is 6.97. The zero-order chi connectivity index (χ0) is 20.5. The highest BCUT2D eigenvalue weighted by molar-refractivity contribution is 7.89. The van der Waals surface area contributed by atoms with E-state index >= 15 is 0 Å². The van der Waals surface area contributed by atoms with Crippen LogP contribution in [-0.2, 0) is 26.8 Å². The van der Waals surface area contributed by atoms with E-state index in [0.29, 0.717) is 19.5 Å². The molecule has 1 aliphatic rings.